The summed E-state index contributed by atoms with van der Waals surface area (Å²) in [6, 6.07) is 1.47. The van der Waals surface area contributed by atoms with Gasteiger partial charge in [0.1, 0.15) is 6.61 Å². The van der Waals surface area contributed by atoms with Crippen molar-refractivity contribution in [2.24, 2.45) is 0 Å². The van der Waals surface area contributed by atoms with Gasteiger partial charge in [-0.3, -0.25) is 9.69 Å². The van der Waals surface area contributed by atoms with E-state index in [9.17, 15) is 13.2 Å². The number of hydrogen-bond acceptors (Lipinski definition) is 7. The molecular formula is C23H28N5NaO5S. The Labute approximate surface area is 227 Å². The van der Waals surface area contributed by atoms with Crippen molar-refractivity contribution in [3.05, 3.63) is 39.2 Å². The molecule has 35 heavy (non-hydrogen) atoms. The third-order valence-electron chi connectivity index (χ3n) is 7.47. The SMILES string of the molecule is COC1CN([C@H]2COc3c(S(=O)(=O)[N-]C(=O)Nc4c5c(cc6c4CCC6)CCC5)cnn3C2)C1.[Na+]. The van der Waals surface area contributed by atoms with E-state index in [1.54, 1.807) is 7.11 Å². The van der Waals surface area contributed by atoms with Crippen LogP contribution in [-0.4, -0.2) is 68.1 Å². The molecule has 0 radical (unpaired) electrons. The van der Waals surface area contributed by atoms with E-state index >= 15 is 0 Å². The number of aromatic nitrogens is 2. The van der Waals surface area contributed by atoms with E-state index < -0.39 is 16.1 Å². The van der Waals surface area contributed by atoms with Crippen molar-refractivity contribution in [3.8, 4) is 5.88 Å². The Morgan fingerprint density at radius 3 is 2.49 bits per heavy atom. The summed E-state index contributed by atoms with van der Waals surface area (Å²) in [4.78, 5) is 14.8. The first-order valence-electron chi connectivity index (χ1n) is 11.8. The van der Waals surface area contributed by atoms with Crippen molar-refractivity contribution in [3.63, 3.8) is 0 Å². The molecule has 3 heterocycles. The number of hydrogen-bond donors (Lipinski definition) is 1. The van der Waals surface area contributed by atoms with Gasteiger partial charge in [0.25, 0.3) is 0 Å². The fourth-order valence-corrected chi connectivity index (χ4v) is 6.56. The number of methoxy groups -OCH3 is 1. The van der Waals surface area contributed by atoms with Gasteiger partial charge in [-0.15, -0.1) is 0 Å². The molecule has 182 valence electrons. The zero-order chi connectivity index (χ0) is 23.4. The number of urea groups is 1. The van der Waals surface area contributed by atoms with Crippen LogP contribution in [0.2, 0.25) is 0 Å². The maximum Gasteiger partial charge on any atom is 1.00 e. The van der Waals surface area contributed by atoms with Crippen LogP contribution in [0.5, 0.6) is 5.88 Å². The third kappa shape index (κ3) is 4.51. The Bertz CT molecular complexity index is 1230. The fraction of sp³-hybridized carbons (Fsp3) is 0.565. The number of benzene rings is 1. The maximum absolute atomic E-state index is 13.0. The first kappa shape index (κ1) is 25.0. The Kier molecular flexibility index (Phi) is 6.92. The molecule has 4 aliphatic rings. The summed E-state index contributed by atoms with van der Waals surface area (Å²) in [5.74, 6) is 0.137. The van der Waals surface area contributed by atoms with Gasteiger partial charge in [0.05, 0.1) is 24.9 Å². The molecular weight excluding hydrogens is 481 g/mol. The van der Waals surface area contributed by atoms with Crippen molar-refractivity contribution < 1.29 is 52.2 Å². The summed E-state index contributed by atoms with van der Waals surface area (Å²) in [5, 5.41) is 7.02. The summed E-state index contributed by atoms with van der Waals surface area (Å²) in [5.41, 5.74) is 5.53. The van der Waals surface area contributed by atoms with Crippen LogP contribution in [0.1, 0.15) is 35.1 Å². The van der Waals surface area contributed by atoms with Crippen molar-refractivity contribution in [1.82, 2.24) is 14.7 Å². The van der Waals surface area contributed by atoms with Crippen molar-refractivity contribution >= 4 is 21.7 Å². The van der Waals surface area contributed by atoms with E-state index in [0.717, 1.165) is 68.4 Å². The number of aryl methyl sites for hydroxylation is 2. The smallest absolute Gasteiger partial charge is 0.475 e. The molecule has 2 aliphatic heterocycles. The zero-order valence-electron chi connectivity index (χ0n) is 20.1. The van der Waals surface area contributed by atoms with E-state index in [4.69, 9.17) is 9.47 Å². The van der Waals surface area contributed by atoms with E-state index in [1.807, 2.05) is 0 Å². The minimum Gasteiger partial charge on any atom is -0.475 e. The molecule has 1 atom stereocenters. The molecule has 0 unspecified atom stereocenters. The van der Waals surface area contributed by atoms with Crippen LogP contribution in [0.25, 0.3) is 4.72 Å². The summed E-state index contributed by atoms with van der Waals surface area (Å²) in [6.45, 7) is 2.48. The number of rotatable bonds is 5. The van der Waals surface area contributed by atoms with Crippen molar-refractivity contribution in [2.45, 2.75) is 62.1 Å². The standard InChI is InChI=1S/C23H29N5O5S.Na/c1-32-17-11-27(12-17)16-10-28-22(33-13-16)20(9-24-28)34(30,31)26-23(29)25-21-18-6-2-4-14(18)8-15-5-3-7-19(15)21;/h8-9,16-17H,2-7,10-13H2,1H3,(H2,25,26,29);/q;+1/p-1/t16-;/m1./s1. The predicted octanol–water partition coefficient (Wildman–Crippen LogP) is -0.749. The molecule has 12 heteroatoms. The number of ether oxygens (including phenoxy) is 2. The maximum atomic E-state index is 13.0. The number of carbonyl (C=O) groups excluding carboxylic acids is 1. The van der Waals surface area contributed by atoms with E-state index in [2.05, 4.69) is 26.1 Å². The van der Waals surface area contributed by atoms with Gasteiger partial charge in [-0.25, -0.2) is 13.1 Å². The zero-order valence-corrected chi connectivity index (χ0v) is 22.9. The van der Waals surface area contributed by atoms with Gasteiger partial charge in [-0.05, 0) is 66.5 Å². The number of anilines is 1. The van der Waals surface area contributed by atoms with Crippen LogP contribution in [0.4, 0.5) is 10.5 Å². The van der Waals surface area contributed by atoms with Gasteiger partial charge < -0.3 is 19.5 Å². The molecule has 0 saturated carbocycles. The topological polar surface area (TPSA) is 117 Å². The molecule has 6 rings (SSSR count). The van der Waals surface area contributed by atoms with Gasteiger partial charge in [0, 0.05) is 20.2 Å². The number of sulfonamides is 1. The summed E-state index contributed by atoms with van der Waals surface area (Å²) in [6.07, 6.45) is 7.28. The Morgan fingerprint density at radius 1 is 1.14 bits per heavy atom. The van der Waals surface area contributed by atoms with Crippen molar-refractivity contribution in [2.75, 3.05) is 32.1 Å². The molecule has 1 N–H and O–H groups in total. The van der Waals surface area contributed by atoms with E-state index in [1.165, 1.54) is 22.0 Å². The Balaban J connectivity index is 0.00000253. The molecule has 2 aromatic rings. The Morgan fingerprint density at radius 2 is 1.83 bits per heavy atom. The monoisotopic (exact) mass is 509 g/mol. The van der Waals surface area contributed by atoms with Crippen LogP contribution < -0.4 is 39.6 Å². The molecule has 2 amide bonds. The third-order valence-corrected chi connectivity index (χ3v) is 8.71. The normalized spacial score (nSPS) is 21.2. The van der Waals surface area contributed by atoms with E-state index in [0.29, 0.717) is 13.2 Å². The average Bonchev–Trinajstić information content (AvgIpc) is 3.51. The van der Waals surface area contributed by atoms with E-state index in [-0.39, 0.29) is 52.5 Å². The molecule has 10 nitrogen and oxygen atoms in total. The minimum atomic E-state index is -4.28. The first-order valence-corrected chi connectivity index (χ1v) is 13.3. The fourth-order valence-electron chi connectivity index (χ4n) is 5.63. The molecule has 0 spiro atoms. The van der Waals surface area contributed by atoms with Crippen LogP contribution in [-0.2, 0) is 47.0 Å². The number of carbonyl (C=O) groups is 1. The van der Waals surface area contributed by atoms with Crippen LogP contribution >= 0.6 is 0 Å². The first-order chi connectivity index (χ1) is 16.4. The second-order valence-corrected chi connectivity index (χ2v) is 11.1. The number of likely N-dealkylation sites (tertiary alicyclic amines) is 1. The predicted molar refractivity (Wildman–Crippen MR) is 124 cm³/mol. The van der Waals surface area contributed by atoms with Crippen LogP contribution in [0.3, 0.4) is 0 Å². The van der Waals surface area contributed by atoms with Gasteiger partial charge in [-0.2, -0.15) is 5.10 Å². The molecule has 2 aliphatic carbocycles. The van der Waals surface area contributed by atoms with Gasteiger partial charge in [0.15, 0.2) is 10.9 Å². The number of nitrogens with one attached hydrogen (secondary N) is 1. The number of amides is 2. The van der Waals surface area contributed by atoms with Crippen LogP contribution in [0, 0.1) is 0 Å². The van der Waals surface area contributed by atoms with Crippen LogP contribution in [0.15, 0.2) is 17.2 Å². The van der Waals surface area contributed by atoms with Gasteiger partial charge in [0.2, 0.25) is 15.9 Å². The second kappa shape index (κ2) is 9.68. The largest absolute Gasteiger partial charge is 1.00 e. The molecule has 0 bridgehead atoms. The average molecular weight is 510 g/mol. The summed E-state index contributed by atoms with van der Waals surface area (Å²) in [7, 11) is -2.58. The number of fused-ring (bicyclic) bond motifs is 3. The van der Waals surface area contributed by atoms with Gasteiger partial charge >= 0.3 is 29.6 Å². The minimum absolute atomic E-state index is 0. The number of nitrogens with zero attached hydrogens (tertiary/aromatic N) is 4. The van der Waals surface area contributed by atoms with Crippen molar-refractivity contribution in [1.29, 1.82) is 0 Å². The quantitative estimate of drug-likeness (QED) is 0.527. The Hall–Kier alpha value is -1.63. The second-order valence-electron chi connectivity index (χ2n) is 9.50. The summed E-state index contributed by atoms with van der Waals surface area (Å²) < 4.78 is 42.2. The molecule has 1 fully saturated rings. The summed E-state index contributed by atoms with van der Waals surface area (Å²) >= 11 is 0. The molecule has 1 aromatic heterocycles. The molecule has 1 aromatic carbocycles. The van der Waals surface area contributed by atoms with Gasteiger partial charge in [-0.1, -0.05) is 6.07 Å². The molecule has 1 saturated heterocycles.